The number of sulfone groups is 1. The number of nitrogens with one attached hydrogen (secondary N) is 2. The second-order valence-electron chi connectivity index (χ2n) is 4.15. The number of carbonyl (C=O) groups is 1. The summed E-state index contributed by atoms with van der Waals surface area (Å²) < 4.78 is 21.8. The second kappa shape index (κ2) is 6.68. The first-order valence-electron chi connectivity index (χ1n) is 5.69. The third-order valence-corrected chi connectivity index (χ3v) is 3.42. The number of amides is 1. The van der Waals surface area contributed by atoms with Crippen LogP contribution in [0.4, 0.5) is 5.82 Å². The fourth-order valence-corrected chi connectivity index (χ4v) is 2.15. The van der Waals surface area contributed by atoms with Crippen molar-refractivity contribution in [1.82, 2.24) is 10.2 Å². The number of H-pyrrole nitrogens is 1. The fraction of sp³-hybridized carbons (Fsp3) is 0.455. The predicted molar refractivity (Wildman–Crippen MR) is 70.2 cm³/mol. The van der Waals surface area contributed by atoms with Gasteiger partial charge in [-0.2, -0.15) is 15.6 Å². The Labute approximate surface area is 116 Å². The molecule has 0 spiro atoms. The van der Waals surface area contributed by atoms with E-state index in [9.17, 15) is 13.2 Å². The van der Waals surface area contributed by atoms with Crippen molar-refractivity contribution in [3.63, 3.8) is 0 Å². The SMILES string of the molecule is CS(=O)(=O)CCCC(=O)Nc1n[nH]c(CC#N)c1C#N. The molecule has 9 heteroatoms. The molecule has 1 aromatic rings. The molecule has 0 saturated carbocycles. The molecule has 0 aliphatic rings. The van der Waals surface area contributed by atoms with Crippen LogP contribution in [-0.4, -0.2) is 36.5 Å². The van der Waals surface area contributed by atoms with Gasteiger partial charge in [0.15, 0.2) is 5.82 Å². The molecular weight excluding hydrogens is 282 g/mol. The minimum absolute atomic E-state index is 0.0123. The van der Waals surface area contributed by atoms with Gasteiger partial charge in [0.05, 0.1) is 23.9 Å². The molecule has 0 aliphatic carbocycles. The van der Waals surface area contributed by atoms with E-state index in [2.05, 4.69) is 15.5 Å². The third-order valence-electron chi connectivity index (χ3n) is 2.39. The highest BCUT2D eigenvalue weighted by molar-refractivity contribution is 7.90. The lowest BCUT2D eigenvalue weighted by Crippen LogP contribution is -2.14. The van der Waals surface area contributed by atoms with Crippen LogP contribution in [-0.2, 0) is 21.1 Å². The fourth-order valence-electron chi connectivity index (χ4n) is 1.49. The van der Waals surface area contributed by atoms with Crippen molar-refractivity contribution in [3.8, 4) is 12.1 Å². The summed E-state index contributed by atoms with van der Waals surface area (Å²) in [7, 11) is -3.10. The summed E-state index contributed by atoms with van der Waals surface area (Å²) in [5.74, 6) is -0.451. The van der Waals surface area contributed by atoms with Crippen LogP contribution >= 0.6 is 0 Å². The van der Waals surface area contributed by atoms with Crippen LogP contribution < -0.4 is 5.32 Å². The second-order valence-corrected chi connectivity index (χ2v) is 6.41. The molecule has 0 bridgehead atoms. The van der Waals surface area contributed by atoms with Crippen molar-refractivity contribution in [2.75, 3.05) is 17.3 Å². The molecular formula is C11H13N5O3S. The van der Waals surface area contributed by atoms with Gasteiger partial charge >= 0.3 is 0 Å². The number of anilines is 1. The van der Waals surface area contributed by atoms with E-state index in [-0.39, 0.29) is 36.4 Å². The number of hydrogen-bond acceptors (Lipinski definition) is 6. The highest BCUT2D eigenvalue weighted by atomic mass is 32.2. The Balaban J connectivity index is 2.63. The van der Waals surface area contributed by atoms with Crippen LogP contribution in [0.3, 0.4) is 0 Å². The molecule has 1 rings (SSSR count). The number of nitrogens with zero attached hydrogens (tertiary/aromatic N) is 3. The third kappa shape index (κ3) is 4.71. The molecule has 8 nitrogen and oxygen atoms in total. The normalized spacial score (nSPS) is 10.6. The lowest BCUT2D eigenvalue weighted by atomic mass is 10.2. The van der Waals surface area contributed by atoms with Crippen LogP contribution in [0.1, 0.15) is 24.1 Å². The van der Waals surface area contributed by atoms with Crippen molar-refractivity contribution in [3.05, 3.63) is 11.3 Å². The Bertz CT molecular complexity index is 678. The molecule has 0 atom stereocenters. The lowest BCUT2D eigenvalue weighted by Gasteiger charge is -2.02. The van der Waals surface area contributed by atoms with E-state index < -0.39 is 15.7 Å². The summed E-state index contributed by atoms with van der Waals surface area (Å²) in [5, 5.41) is 26.2. The number of nitriles is 2. The standard InChI is InChI=1S/C11H13N5O3S/c1-20(18,19)6-2-3-10(17)14-11-8(7-13)9(4-5-12)15-16-11/h2-4,6H2,1H3,(H2,14,15,16,17). The lowest BCUT2D eigenvalue weighted by molar-refractivity contribution is -0.116. The first-order valence-corrected chi connectivity index (χ1v) is 7.75. The average molecular weight is 295 g/mol. The summed E-state index contributed by atoms with van der Waals surface area (Å²) in [5.41, 5.74) is 0.449. The maximum absolute atomic E-state index is 11.6. The summed E-state index contributed by atoms with van der Waals surface area (Å²) >= 11 is 0. The zero-order valence-corrected chi connectivity index (χ0v) is 11.6. The van der Waals surface area contributed by atoms with Gasteiger partial charge in [0.2, 0.25) is 5.91 Å². The highest BCUT2D eigenvalue weighted by Crippen LogP contribution is 2.16. The Morgan fingerprint density at radius 2 is 2.15 bits per heavy atom. The number of aromatic nitrogens is 2. The number of aromatic amines is 1. The highest BCUT2D eigenvalue weighted by Gasteiger charge is 2.15. The van der Waals surface area contributed by atoms with Gasteiger partial charge in [-0.25, -0.2) is 8.42 Å². The van der Waals surface area contributed by atoms with E-state index >= 15 is 0 Å². The molecule has 20 heavy (non-hydrogen) atoms. The van der Waals surface area contributed by atoms with E-state index in [1.165, 1.54) is 0 Å². The Kier molecular flexibility index (Phi) is 5.23. The minimum atomic E-state index is -3.10. The van der Waals surface area contributed by atoms with Gasteiger partial charge in [0.25, 0.3) is 0 Å². The van der Waals surface area contributed by atoms with Crippen LogP contribution in [0.15, 0.2) is 0 Å². The predicted octanol–water partition coefficient (Wildman–Crippen LogP) is 0.111. The minimum Gasteiger partial charge on any atom is -0.308 e. The monoisotopic (exact) mass is 295 g/mol. The largest absolute Gasteiger partial charge is 0.308 e. The van der Waals surface area contributed by atoms with Crippen LogP contribution in [0.5, 0.6) is 0 Å². The molecule has 1 heterocycles. The first kappa shape index (κ1) is 15.7. The van der Waals surface area contributed by atoms with Gasteiger partial charge in [0.1, 0.15) is 21.5 Å². The van der Waals surface area contributed by atoms with Crippen LogP contribution in [0, 0.1) is 22.7 Å². The molecule has 0 aliphatic heterocycles. The number of hydrogen-bond donors (Lipinski definition) is 2. The molecule has 0 radical (unpaired) electrons. The van der Waals surface area contributed by atoms with Crippen molar-refractivity contribution in [2.45, 2.75) is 19.3 Å². The number of rotatable bonds is 6. The Morgan fingerprint density at radius 1 is 1.45 bits per heavy atom. The van der Waals surface area contributed by atoms with E-state index in [0.717, 1.165) is 6.26 Å². The van der Waals surface area contributed by atoms with Crippen molar-refractivity contribution in [1.29, 1.82) is 10.5 Å². The summed E-state index contributed by atoms with van der Waals surface area (Å²) in [6.45, 7) is 0. The zero-order chi connectivity index (χ0) is 15.2. The van der Waals surface area contributed by atoms with Gasteiger partial charge < -0.3 is 5.32 Å². The Morgan fingerprint density at radius 3 is 2.70 bits per heavy atom. The van der Waals surface area contributed by atoms with E-state index in [1.54, 1.807) is 0 Å². The smallest absolute Gasteiger partial charge is 0.225 e. The molecule has 1 aromatic heterocycles. The van der Waals surface area contributed by atoms with Gasteiger partial charge in [-0.05, 0) is 6.42 Å². The van der Waals surface area contributed by atoms with Crippen LogP contribution in [0.2, 0.25) is 0 Å². The molecule has 2 N–H and O–H groups in total. The maximum Gasteiger partial charge on any atom is 0.225 e. The quantitative estimate of drug-likeness (QED) is 0.763. The number of carbonyl (C=O) groups excluding carboxylic acids is 1. The van der Waals surface area contributed by atoms with E-state index in [0.29, 0.717) is 5.69 Å². The van der Waals surface area contributed by atoms with Gasteiger partial charge in [-0.1, -0.05) is 0 Å². The topological polar surface area (TPSA) is 139 Å². The molecule has 1 amide bonds. The van der Waals surface area contributed by atoms with E-state index in [4.69, 9.17) is 10.5 Å². The summed E-state index contributed by atoms with van der Waals surface area (Å²) in [6, 6.07) is 3.73. The summed E-state index contributed by atoms with van der Waals surface area (Å²) in [4.78, 5) is 11.6. The van der Waals surface area contributed by atoms with E-state index in [1.807, 2.05) is 12.1 Å². The van der Waals surface area contributed by atoms with Crippen molar-refractivity contribution in [2.24, 2.45) is 0 Å². The molecule has 0 aromatic carbocycles. The molecule has 0 saturated heterocycles. The van der Waals surface area contributed by atoms with Crippen LogP contribution in [0.25, 0.3) is 0 Å². The summed E-state index contributed by atoms with van der Waals surface area (Å²) in [6.07, 6.45) is 1.29. The van der Waals surface area contributed by atoms with Crippen molar-refractivity contribution >= 4 is 21.6 Å². The van der Waals surface area contributed by atoms with Gasteiger partial charge in [0, 0.05) is 12.7 Å². The molecule has 0 fully saturated rings. The average Bonchev–Trinajstić information content (AvgIpc) is 2.70. The first-order chi connectivity index (χ1) is 9.37. The zero-order valence-electron chi connectivity index (χ0n) is 10.8. The van der Waals surface area contributed by atoms with Gasteiger partial charge in [-0.15, -0.1) is 0 Å². The maximum atomic E-state index is 11.6. The molecule has 106 valence electrons. The van der Waals surface area contributed by atoms with Gasteiger partial charge in [-0.3, -0.25) is 9.89 Å². The van der Waals surface area contributed by atoms with Crippen molar-refractivity contribution < 1.29 is 13.2 Å². The Hall–Kier alpha value is -2.39. The molecule has 0 unspecified atom stereocenters.